The van der Waals surface area contributed by atoms with Crippen LogP contribution in [0.3, 0.4) is 0 Å². The maximum absolute atomic E-state index is 13.4. The predicted molar refractivity (Wildman–Crippen MR) is 118 cm³/mol. The van der Waals surface area contributed by atoms with Gasteiger partial charge < -0.3 is 5.73 Å². The maximum Gasteiger partial charge on any atom is 0.213 e. The monoisotopic (exact) mass is 426 g/mol. The second kappa shape index (κ2) is 7.59. The van der Waals surface area contributed by atoms with Crippen LogP contribution >= 0.6 is 0 Å². The quantitative estimate of drug-likeness (QED) is 0.706. The number of fused-ring (bicyclic) bond motifs is 2. The molecule has 2 aromatic rings. The molecule has 0 heterocycles. The SMILES string of the molecule is CC1(C)[C@@H]2CC[C@]1(CS(=O)(=O)NC(c1ccccc1)C(N)c1ccccc1)C(=O)C2. The first-order chi connectivity index (χ1) is 14.2. The van der Waals surface area contributed by atoms with Crippen molar-refractivity contribution in [2.45, 2.75) is 45.2 Å². The van der Waals surface area contributed by atoms with E-state index in [1.165, 1.54) is 0 Å². The number of rotatable bonds is 7. The van der Waals surface area contributed by atoms with Crippen molar-refractivity contribution in [3.05, 3.63) is 71.8 Å². The fourth-order valence-corrected chi connectivity index (χ4v) is 7.62. The summed E-state index contributed by atoms with van der Waals surface area (Å²) < 4.78 is 29.7. The summed E-state index contributed by atoms with van der Waals surface area (Å²) in [4.78, 5) is 12.8. The maximum atomic E-state index is 13.4. The van der Waals surface area contributed by atoms with E-state index in [0.717, 1.165) is 17.5 Å². The Bertz CT molecular complexity index is 1020. The van der Waals surface area contributed by atoms with Crippen molar-refractivity contribution in [2.24, 2.45) is 22.5 Å². The van der Waals surface area contributed by atoms with Crippen LogP contribution in [-0.4, -0.2) is 20.0 Å². The zero-order valence-corrected chi connectivity index (χ0v) is 18.4. The number of carbonyl (C=O) groups is 1. The summed E-state index contributed by atoms with van der Waals surface area (Å²) in [6, 6.07) is 17.7. The Morgan fingerprint density at radius 3 is 2.10 bits per heavy atom. The molecule has 2 bridgehead atoms. The molecular formula is C24H30N2O3S. The third-order valence-electron chi connectivity index (χ3n) is 7.58. The molecule has 0 aromatic heterocycles. The lowest BCUT2D eigenvalue weighted by molar-refractivity contribution is -0.128. The first-order valence-electron chi connectivity index (χ1n) is 10.6. The molecule has 4 atom stereocenters. The Morgan fingerprint density at radius 2 is 1.60 bits per heavy atom. The van der Waals surface area contributed by atoms with Gasteiger partial charge in [0.2, 0.25) is 10.0 Å². The second-order valence-electron chi connectivity index (χ2n) is 9.37. The fourth-order valence-electron chi connectivity index (χ4n) is 5.54. The number of sulfonamides is 1. The Morgan fingerprint density at radius 1 is 1.03 bits per heavy atom. The molecule has 160 valence electrons. The lowest BCUT2D eigenvalue weighted by Crippen LogP contribution is -2.47. The molecular weight excluding hydrogens is 396 g/mol. The second-order valence-corrected chi connectivity index (χ2v) is 11.1. The van der Waals surface area contributed by atoms with Gasteiger partial charge in [0.05, 0.1) is 17.8 Å². The number of ketones is 1. The summed E-state index contributed by atoms with van der Waals surface area (Å²) in [5.74, 6) is 0.196. The average molecular weight is 427 g/mol. The molecule has 0 spiro atoms. The molecule has 30 heavy (non-hydrogen) atoms. The summed E-state index contributed by atoms with van der Waals surface area (Å²) in [5, 5.41) is 0. The number of carbonyl (C=O) groups excluding carboxylic acids is 1. The minimum atomic E-state index is -3.76. The molecule has 0 amide bonds. The van der Waals surface area contributed by atoms with Crippen molar-refractivity contribution >= 4 is 15.8 Å². The lowest BCUT2D eigenvalue weighted by atomic mass is 9.70. The molecule has 0 radical (unpaired) electrons. The van der Waals surface area contributed by atoms with Crippen molar-refractivity contribution in [1.82, 2.24) is 4.72 Å². The van der Waals surface area contributed by atoms with Crippen molar-refractivity contribution < 1.29 is 13.2 Å². The highest BCUT2D eigenvalue weighted by molar-refractivity contribution is 7.89. The Balaban J connectivity index is 1.65. The van der Waals surface area contributed by atoms with E-state index in [0.29, 0.717) is 12.8 Å². The topological polar surface area (TPSA) is 89.3 Å². The van der Waals surface area contributed by atoms with Gasteiger partial charge in [-0.1, -0.05) is 74.5 Å². The minimum Gasteiger partial charge on any atom is -0.322 e. The molecule has 2 aliphatic rings. The smallest absolute Gasteiger partial charge is 0.213 e. The Hall–Kier alpha value is -2.02. The van der Waals surface area contributed by atoms with Crippen molar-refractivity contribution in [1.29, 1.82) is 0 Å². The summed E-state index contributed by atoms with van der Waals surface area (Å²) in [7, 11) is -3.76. The number of hydrogen-bond donors (Lipinski definition) is 2. The molecule has 2 unspecified atom stereocenters. The van der Waals surface area contributed by atoms with Crippen molar-refractivity contribution in [3.8, 4) is 0 Å². The van der Waals surface area contributed by atoms with Gasteiger partial charge in [0.15, 0.2) is 0 Å². The van der Waals surface area contributed by atoms with E-state index in [-0.39, 0.29) is 22.9 Å². The first-order valence-corrected chi connectivity index (χ1v) is 12.2. The highest BCUT2D eigenvalue weighted by atomic mass is 32.2. The lowest BCUT2D eigenvalue weighted by Gasteiger charge is -2.37. The van der Waals surface area contributed by atoms with Gasteiger partial charge in [0, 0.05) is 11.8 Å². The fraction of sp³-hybridized carbons (Fsp3) is 0.458. The number of benzene rings is 2. The number of nitrogens with two attached hydrogens (primary N) is 1. The van der Waals surface area contributed by atoms with Crippen LogP contribution in [0.1, 0.15) is 56.3 Å². The van der Waals surface area contributed by atoms with Gasteiger partial charge in [-0.05, 0) is 35.3 Å². The molecule has 0 saturated heterocycles. The predicted octanol–water partition coefficient (Wildman–Crippen LogP) is 3.74. The summed E-state index contributed by atoms with van der Waals surface area (Å²) >= 11 is 0. The zero-order valence-electron chi connectivity index (χ0n) is 17.5. The standard InChI is InChI=1S/C24H30N2O3S/c1-23(2)19-13-14-24(23,20(27)15-19)16-30(28,29)26-22(18-11-7-4-8-12-18)21(25)17-9-5-3-6-10-17/h3-12,19,21-22,26H,13-16,25H2,1-2H3/t19-,21?,22?,24+/m1/s1. The molecule has 4 rings (SSSR count). The molecule has 2 fully saturated rings. The third-order valence-corrected chi connectivity index (χ3v) is 9.07. The van der Waals surface area contributed by atoms with Crippen LogP contribution in [-0.2, 0) is 14.8 Å². The van der Waals surface area contributed by atoms with Crippen LogP contribution in [0.4, 0.5) is 0 Å². The Labute approximate surface area is 179 Å². The van der Waals surface area contributed by atoms with Crippen LogP contribution in [0.15, 0.2) is 60.7 Å². The van der Waals surface area contributed by atoms with E-state index in [4.69, 9.17) is 5.73 Å². The van der Waals surface area contributed by atoms with Gasteiger partial charge in [-0.25, -0.2) is 13.1 Å². The van der Waals surface area contributed by atoms with Gasteiger partial charge in [0.1, 0.15) is 5.78 Å². The van der Waals surface area contributed by atoms with Crippen LogP contribution in [0.5, 0.6) is 0 Å². The van der Waals surface area contributed by atoms with Crippen LogP contribution in [0.25, 0.3) is 0 Å². The first kappa shape index (κ1) is 21.2. The molecule has 2 saturated carbocycles. The van der Waals surface area contributed by atoms with Gasteiger partial charge >= 0.3 is 0 Å². The van der Waals surface area contributed by atoms with Gasteiger partial charge in [-0.15, -0.1) is 0 Å². The summed E-state index contributed by atoms with van der Waals surface area (Å²) in [6.07, 6.45) is 2.05. The highest BCUT2D eigenvalue weighted by Crippen LogP contribution is 2.64. The summed E-state index contributed by atoms with van der Waals surface area (Å²) in [5.41, 5.74) is 7.09. The number of nitrogens with one attached hydrogen (secondary N) is 1. The van der Waals surface area contributed by atoms with E-state index in [2.05, 4.69) is 18.6 Å². The molecule has 0 aliphatic heterocycles. The number of Topliss-reactive ketones (excluding diaryl/α,β-unsaturated/α-hetero) is 1. The molecule has 2 aliphatic carbocycles. The van der Waals surface area contributed by atoms with Crippen LogP contribution in [0.2, 0.25) is 0 Å². The van der Waals surface area contributed by atoms with E-state index in [1.807, 2.05) is 60.7 Å². The largest absolute Gasteiger partial charge is 0.322 e. The van der Waals surface area contributed by atoms with E-state index in [9.17, 15) is 13.2 Å². The number of hydrogen-bond acceptors (Lipinski definition) is 4. The van der Waals surface area contributed by atoms with E-state index in [1.54, 1.807) is 0 Å². The van der Waals surface area contributed by atoms with Crippen LogP contribution < -0.4 is 10.5 Å². The molecule has 3 N–H and O–H groups in total. The van der Waals surface area contributed by atoms with Gasteiger partial charge in [-0.2, -0.15) is 0 Å². The van der Waals surface area contributed by atoms with Crippen molar-refractivity contribution in [3.63, 3.8) is 0 Å². The Kier molecular flexibility index (Phi) is 5.37. The van der Waals surface area contributed by atoms with E-state index < -0.39 is 27.5 Å². The van der Waals surface area contributed by atoms with Crippen molar-refractivity contribution in [2.75, 3.05) is 5.75 Å². The molecule has 6 heteroatoms. The molecule has 2 aromatic carbocycles. The average Bonchev–Trinajstić information content (AvgIpc) is 3.07. The molecule has 5 nitrogen and oxygen atoms in total. The summed E-state index contributed by atoms with van der Waals surface area (Å²) in [6.45, 7) is 4.10. The van der Waals surface area contributed by atoms with Gasteiger partial charge in [0.25, 0.3) is 0 Å². The third kappa shape index (κ3) is 3.51. The zero-order chi connectivity index (χ0) is 21.6. The van der Waals surface area contributed by atoms with E-state index >= 15 is 0 Å². The van der Waals surface area contributed by atoms with Gasteiger partial charge in [-0.3, -0.25) is 4.79 Å². The van der Waals surface area contributed by atoms with Crippen LogP contribution in [0, 0.1) is 16.7 Å². The normalized spacial score (nSPS) is 27.2. The minimum absolute atomic E-state index is 0.0951. The highest BCUT2D eigenvalue weighted by Gasteiger charge is 2.65.